The predicted molar refractivity (Wildman–Crippen MR) is 173 cm³/mol. The van der Waals surface area contributed by atoms with E-state index in [1.165, 1.54) is 4.31 Å². The Labute approximate surface area is 257 Å². The molecule has 0 spiro atoms. The summed E-state index contributed by atoms with van der Waals surface area (Å²) in [6, 6.07) is 23.9. The van der Waals surface area contributed by atoms with Crippen LogP contribution >= 0.6 is 0 Å². The van der Waals surface area contributed by atoms with Crippen molar-refractivity contribution in [1.29, 1.82) is 0 Å². The summed E-state index contributed by atoms with van der Waals surface area (Å²) in [6.45, 7) is 7.19. The van der Waals surface area contributed by atoms with Crippen LogP contribution in [0.2, 0.25) is 0 Å². The van der Waals surface area contributed by atoms with Crippen LogP contribution in [-0.2, 0) is 32.6 Å². The number of rotatable bonds is 17. The molecular weight excluding hydrogens is 562 g/mol. The first-order chi connectivity index (χ1) is 20.6. The number of anilines is 1. The van der Waals surface area contributed by atoms with Crippen molar-refractivity contribution in [3.8, 4) is 5.75 Å². The number of benzene rings is 3. The zero-order chi connectivity index (χ0) is 31.2. The normalized spacial score (nSPS) is 11.9. The van der Waals surface area contributed by atoms with Gasteiger partial charge in [-0.15, -0.1) is 0 Å². The Morgan fingerprint density at radius 1 is 0.907 bits per heavy atom. The molecule has 0 fully saturated rings. The summed E-state index contributed by atoms with van der Waals surface area (Å²) in [5.41, 5.74) is 3.38. The molecule has 8 nitrogen and oxygen atoms in total. The van der Waals surface area contributed by atoms with Crippen molar-refractivity contribution in [1.82, 2.24) is 10.2 Å². The lowest BCUT2D eigenvalue weighted by Gasteiger charge is -2.32. The molecule has 0 heterocycles. The average Bonchev–Trinajstić information content (AvgIpc) is 2.97. The number of unbranched alkanes of at least 4 members (excludes halogenated alkanes) is 1. The number of carbonyl (C=O) groups is 2. The maximum Gasteiger partial charge on any atom is 0.243 e. The van der Waals surface area contributed by atoms with E-state index in [-0.39, 0.29) is 37.7 Å². The summed E-state index contributed by atoms with van der Waals surface area (Å²) < 4.78 is 32.6. The quantitative estimate of drug-likeness (QED) is 0.205. The number of nitrogens with zero attached hydrogens (tertiary/aromatic N) is 2. The molecule has 3 aromatic rings. The Hall–Kier alpha value is -3.85. The molecule has 43 heavy (non-hydrogen) atoms. The summed E-state index contributed by atoms with van der Waals surface area (Å²) >= 11 is 0. The van der Waals surface area contributed by atoms with Gasteiger partial charge in [-0.1, -0.05) is 85.6 Å². The van der Waals surface area contributed by atoms with Crippen molar-refractivity contribution in [3.63, 3.8) is 0 Å². The molecule has 0 saturated heterocycles. The zero-order valence-electron chi connectivity index (χ0n) is 25.8. The third-order valence-corrected chi connectivity index (χ3v) is 8.30. The van der Waals surface area contributed by atoms with E-state index in [1.54, 1.807) is 29.2 Å². The third-order valence-electron chi connectivity index (χ3n) is 7.12. The van der Waals surface area contributed by atoms with Gasteiger partial charge in [0.15, 0.2) is 0 Å². The molecule has 0 saturated carbocycles. The molecule has 0 aromatic heterocycles. The van der Waals surface area contributed by atoms with Crippen LogP contribution < -0.4 is 14.4 Å². The topological polar surface area (TPSA) is 96.0 Å². The van der Waals surface area contributed by atoms with Gasteiger partial charge in [-0.3, -0.25) is 13.9 Å². The molecule has 3 aromatic carbocycles. The first-order valence-corrected chi connectivity index (χ1v) is 16.8. The molecule has 0 bridgehead atoms. The van der Waals surface area contributed by atoms with E-state index in [0.29, 0.717) is 31.0 Å². The zero-order valence-corrected chi connectivity index (χ0v) is 26.6. The Balaban J connectivity index is 1.89. The highest BCUT2D eigenvalue weighted by molar-refractivity contribution is 7.92. The second-order valence-corrected chi connectivity index (χ2v) is 12.6. The predicted octanol–water partition coefficient (Wildman–Crippen LogP) is 5.50. The van der Waals surface area contributed by atoms with Crippen LogP contribution in [0.5, 0.6) is 5.75 Å². The number of nitrogens with one attached hydrogen (secondary N) is 1. The lowest BCUT2D eigenvalue weighted by molar-refractivity contribution is -0.141. The van der Waals surface area contributed by atoms with Crippen molar-refractivity contribution >= 4 is 27.5 Å². The molecule has 0 radical (unpaired) electrons. The third kappa shape index (κ3) is 10.4. The van der Waals surface area contributed by atoms with Crippen LogP contribution in [0.25, 0.3) is 0 Å². The molecule has 0 aliphatic heterocycles. The van der Waals surface area contributed by atoms with E-state index in [9.17, 15) is 18.0 Å². The van der Waals surface area contributed by atoms with Crippen molar-refractivity contribution in [2.75, 3.05) is 30.3 Å². The second-order valence-electron chi connectivity index (χ2n) is 10.7. The number of ether oxygens (including phenoxy) is 1. The van der Waals surface area contributed by atoms with Crippen molar-refractivity contribution in [2.24, 2.45) is 0 Å². The molecule has 1 N–H and O–H groups in total. The van der Waals surface area contributed by atoms with Crippen LogP contribution in [0, 0.1) is 6.92 Å². The minimum Gasteiger partial charge on any atom is -0.492 e. The smallest absolute Gasteiger partial charge is 0.243 e. The molecule has 1 atom stereocenters. The first kappa shape index (κ1) is 33.6. The SMILES string of the molecule is CCCCNC(=O)C(Cc1ccccc1)N(Cc1cccc(C)c1)C(=O)CCCN(c1ccccc1OCC)S(C)(=O)=O. The maximum atomic E-state index is 14.0. The van der Waals surface area contributed by atoms with Gasteiger partial charge in [0.1, 0.15) is 11.8 Å². The Morgan fingerprint density at radius 2 is 1.60 bits per heavy atom. The van der Waals surface area contributed by atoms with Gasteiger partial charge >= 0.3 is 0 Å². The summed E-state index contributed by atoms with van der Waals surface area (Å²) in [5, 5.41) is 3.04. The van der Waals surface area contributed by atoms with E-state index < -0.39 is 16.1 Å². The van der Waals surface area contributed by atoms with E-state index in [4.69, 9.17) is 4.74 Å². The number of para-hydroxylation sites is 2. The lowest BCUT2D eigenvalue weighted by atomic mass is 10.0. The van der Waals surface area contributed by atoms with Gasteiger partial charge in [0.05, 0.1) is 18.6 Å². The van der Waals surface area contributed by atoms with Crippen LogP contribution in [0.15, 0.2) is 78.9 Å². The second kappa shape index (κ2) is 16.7. The molecule has 3 rings (SSSR count). The Morgan fingerprint density at radius 3 is 2.28 bits per heavy atom. The van der Waals surface area contributed by atoms with Crippen LogP contribution in [0.3, 0.4) is 0 Å². The van der Waals surface area contributed by atoms with E-state index in [2.05, 4.69) is 12.2 Å². The van der Waals surface area contributed by atoms with Gasteiger partial charge in [-0.2, -0.15) is 0 Å². The Bertz CT molecular complexity index is 1430. The summed E-state index contributed by atoms with van der Waals surface area (Å²) in [5.74, 6) is 0.0656. The highest BCUT2D eigenvalue weighted by Gasteiger charge is 2.30. The van der Waals surface area contributed by atoms with Gasteiger partial charge < -0.3 is 15.0 Å². The summed E-state index contributed by atoms with van der Waals surface area (Å²) in [7, 11) is -3.65. The molecule has 1 unspecified atom stereocenters. The fourth-order valence-corrected chi connectivity index (χ4v) is 5.96. The van der Waals surface area contributed by atoms with Gasteiger partial charge in [0, 0.05) is 32.5 Å². The number of sulfonamides is 1. The minimum absolute atomic E-state index is 0.0716. The van der Waals surface area contributed by atoms with Gasteiger partial charge in [0.25, 0.3) is 0 Å². The fourth-order valence-electron chi connectivity index (χ4n) is 4.99. The van der Waals surface area contributed by atoms with Crippen molar-refractivity contribution in [3.05, 3.63) is 95.6 Å². The van der Waals surface area contributed by atoms with E-state index in [1.807, 2.05) is 68.4 Å². The monoisotopic (exact) mass is 607 g/mol. The number of amides is 2. The molecule has 0 aliphatic carbocycles. The summed E-state index contributed by atoms with van der Waals surface area (Å²) in [6.07, 6.45) is 3.65. The molecule has 2 amide bonds. The first-order valence-electron chi connectivity index (χ1n) is 15.0. The molecule has 232 valence electrons. The summed E-state index contributed by atoms with van der Waals surface area (Å²) in [4.78, 5) is 29.3. The van der Waals surface area contributed by atoms with Crippen molar-refractivity contribution < 1.29 is 22.7 Å². The van der Waals surface area contributed by atoms with Crippen LogP contribution in [0.1, 0.15) is 56.2 Å². The Kier molecular flexibility index (Phi) is 13.1. The highest BCUT2D eigenvalue weighted by Crippen LogP contribution is 2.30. The lowest BCUT2D eigenvalue weighted by Crippen LogP contribution is -2.50. The van der Waals surface area contributed by atoms with Crippen LogP contribution in [-0.4, -0.2) is 57.1 Å². The number of hydrogen-bond donors (Lipinski definition) is 1. The fraction of sp³-hybridized carbons (Fsp3) is 0.412. The largest absolute Gasteiger partial charge is 0.492 e. The molecule has 0 aliphatic rings. The van der Waals surface area contributed by atoms with E-state index >= 15 is 0 Å². The van der Waals surface area contributed by atoms with Crippen LogP contribution in [0.4, 0.5) is 5.69 Å². The maximum absolute atomic E-state index is 14.0. The number of hydrogen-bond acceptors (Lipinski definition) is 5. The van der Waals surface area contributed by atoms with Gasteiger partial charge in [0.2, 0.25) is 21.8 Å². The molecular formula is C34H45N3O5S. The van der Waals surface area contributed by atoms with Gasteiger partial charge in [-0.25, -0.2) is 8.42 Å². The number of carbonyl (C=O) groups excluding carboxylic acids is 2. The number of aryl methyl sites for hydroxylation is 1. The van der Waals surface area contributed by atoms with E-state index in [0.717, 1.165) is 35.8 Å². The highest BCUT2D eigenvalue weighted by atomic mass is 32.2. The van der Waals surface area contributed by atoms with Crippen molar-refractivity contribution in [2.45, 2.75) is 65.5 Å². The molecule has 9 heteroatoms. The minimum atomic E-state index is -3.65. The standard InChI is InChI=1S/C34H45N3O5S/c1-5-7-22-35-34(39)31(25-28-16-9-8-10-17-28)36(26-29-18-13-15-27(3)24-29)33(38)21-14-23-37(43(4,40)41)30-19-11-12-20-32(30)42-6-2/h8-13,15-20,24,31H,5-7,14,21-23,25-26H2,1-4H3,(H,35,39). The average molecular weight is 608 g/mol. The van der Waals surface area contributed by atoms with Gasteiger partial charge in [-0.05, 0) is 49.9 Å².